The second-order valence-corrected chi connectivity index (χ2v) is 11.9. The predicted octanol–water partition coefficient (Wildman–Crippen LogP) is 4.87. The Hall–Kier alpha value is -2.72. The summed E-state index contributed by atoms with van der Waals surface area (Å²) in [6.07, 6.45) is 3.46. The lowest BCUT2D eigenvalue weighted by atomic mass is 9.89. The molecule has 2 aromatic heterocycles. The second-order valence-electron chi connectivity index (χ2n) is 10.4. The minimum atomic E-state index is -1.79. The Bertz CT molecular complexity index is 1190. The molecule has 2 aliphatic heterocycles. The Morgan fingerprint density at radius 1 is 1.05 bits per heavy atom. The number of rotatable bonds is 10. The number of piperidine rings is 1. The Morgan fingerprint density at radius 2 is 1.71 bits per heavy atom. The number of carbonyl (C=O) groups is 2. The number of aliphatic hydroxyl groups is 1. The van der Waals surface area contributed by atoms with Crippen molar-refractivity contribution >= 4 is 34.6 Å². The minimum absolute atomic E-state index is 0.106. The summed E-state index contributed by atoms with van der Waals surface area (Å²) in [6, 6.07) is 12.2. The van der Waals surface area contributed by atoms with Crippen molar-refractivity contribution in [2.75, 3.05) is 20.3 Å². The smallest absolute Gasteiger partial charge is 0.348 e. The highest BCUT2D eigenvalue weighted by atomic mass is 32.1. The number of esters is 2. The first kappa shape index (κ1) is 26.9. The zero-order valence-electron chi connectivity index (χ0n) is 21.7. The molecule has 5 rings (SSSR count). The first-order valence-corrected chi connectivity index (χ1v) is 14.9. The Morgan fingerprint density at radius 3 is 2.29 bits per heavy atom. The van der Waals surface area contributed by atoms with Crippen LogP contribution in [0.5, 0.6) is 5.75 Å². The first-order chi connectivity index (χ1) is 18.3. The van der Waals surface area contributed by atoms with Gasteiger partial charge in [0, 0.05) is 42.4 Å². The third-order valence-corrected chi connectivity index (χ3v) is 9.47. The fraction of sp³-hybridized carbons (Fsp3) is 0.448. The highest BCUT2D eigenvalue weighted by Crippen LogP contribution is 2.44. The Balaban J connectivity index is 1.26. The van der Waals surface area contributed by atoms with Crippen LogP contribution >= 0.6 is 22.7 Å². The van der Waals surface area contributed by atoms with E-state index in [9.17, 15) is 14.7 Å². The fourth-order valence-electron chi connectivity index (χ4n) is 6.10. The highest BCUT2D eigenvalue weighted by Gasteiger charge is 2.53. The number of nitrogens with zero attached hydrogens (tertiary/aromatic N) is 1. The van der Waals surface area contributed by atoms with Crippen molar-refractivity contribution < 1.29 is 33.4 Å². The molecule has 1 N–H and O–H groups in total. The van der Waals surface area contributed by atoms with E-state index >= 15 is 0 Å². The van der Waals surface area contributed by atoms with Crippen molar-refractivity contribution in [3.8, 4) is 5.75 Å². The van der Waals surface area contributed by atoms with Crippen LogP contribution in [0.1, 0.15) is 49.3 Å². The second kappa shape index (κ2) is 11.2. The molecule has 4 atom stereocenters. The summed E-state index contributed by atoms with van der Waals surface area (Å²) < 4.78 is 17.5. The molecule has 2 unspecified atom stereocenters. The lowest BCUT2D eigenvalue weighted by molar-refractivity contribution is -0.961. The van der Waals surface area contributed by atoms with Gasteiger partial charge in [-0.05, 0) is 52.7 Å². The van der Waals surface area contributed by atoms with Crippen molar-refractivity contribution in [3.05, 3.63) is 74.6 Å². The van der Waals surface area contributed by atoms with Crippen LogP contribution in [0.25, 0.3) is 0 Å². The number of thiophene rings is 2. The zero-order valence-corrected chi connectivity index (χ0v) is 23.3. The van der Waals surface area contributed by atoms with E-state index in [1.54, 1.807) is 19.1 Å². The molecule has 38 heavy (non-hydrogen) atoms. The van der Waals surface area contributed by atoms with Crippen LogP contribution in [-0.2, 0) is 31.2 Å². The number of ether oxygens (including phenoxy) is 3. The zero-order chi connectivity index (χ0) is 26.8. The summed E-state index contributed by atoms with van der Waals surface area (Å²) in [5.41, 5.74) is 0.453. The Labute approximate surface area is 231 Å². The van der Waals surface area contributed by atoms with Gasteiger partial charge >= 0.3 is 11.9 Å². The average Bonchev–Trinajstić information content (AvgIpc) is 3.65. The van der Waals surface area contributed by atoms with Gasteiger partial charge in [0.1, 0.15) is 18.4 Å². The molecule has 7 nitrogen and oxygen atoms in total. The third-order valence-electron chi connectivity index (χ3n) is 8.10. The van der Waals surface area contributed by atoms with Gasteiger partial charge < -0.3 is 23.8 Å². The van der Waals surface area contributed by atoms with E-state index in [1.165, 1.54) is 22.7 Å². The number of hydrogen-bond donors (Lipinski definition) is 1. The number of carbonyl (C=O) groups excluding carboxylic acids is 2. The van der Waals surface area contributed by atoms with Crippen LogP contribution in [0.3, 0.4) is 0 Å². The maximum atomic E-state index is 13.5. The van der Waals surface area contributed by atoms with Crippen LogP contribution in [-0.4, -0.2) is 60.0 Å². The van der Waals surface area contributed by atoms with Crippen LogP contribution in [0.15, 0.2) is 57.9 Å². The molecule has 3 aromatic rings. The molecule has 0 spiro atoms. The summed E-state index contributed by atoms with van der Waals surface area (Å²) in [7, 11) is 2.29. The molecule has 9 heteroatoms. The minimum Gasteiger partial charge on any atom is -0.482 e. The molecule has 0 radical (unpaired) electrons. The summed E-state index contributed by atoms with van der Waals surface area (Å²) in [5.74, 6) is -0.322. The normalized spacial score (nSPS) is 24.7. The van der Waals surface area contributed by atoms with Crippen molar-refractivity contribution in [2.45, 2.75) is 62.9 Å². The SMILES string of the molecule is CCOC(=O)COc1cccc(C[N+]2(C)[C@@H]3CC[C@H]2CC(OC(=O)C(O)(c2ccsc2)c2ccsc2)C3)c1. The van der Waals surface area contributed by atoms with E-state index in [0.29, 0.717) is 35.6 Å². The monoisotopic (exact) mass is 556 g/mol. The third kappa shape index (κ3) is 5.25. The lowest BCUT2D eigenvalue weighted by Gasteiger charge is -2.47. The van der Waals surface area contributed by atoms with Gasteiger partial charge in [-0.15, -0.1) is 0 Å². The number of hydrogen-bond acceptors (Lipinski definition) is 8. The van der Waals surface area contributed by atoms with Gasteiger partial charge in [0.15, 0.2) is 6.61 Å². The van der Waals surface area contributed by atoms with E-state index in [2.05, 4.69) is 13.1 Å². The molecule has 1 aromatic carbocycles. The molecular weight excluding hydrogens is 522 g/mol. The van der Waals surface area contributed by atoms with E-state index < -0.39 is 11.6 Å². The lowest BCUT2D eigenvalue weighted by Crippen LogP contribution is -2.58. The predicted molar refractivity (Wildman–Crippen MR) is 146 cm³/mol. The molecule has 4 heterocycles. The Kier molecular flexibility index (Phi) is 7.90. The standard InChI is InChI=1S/C29H34NO6S2/c1-3-34-27(31)17-35-25-6-4-5-20(13-25)16-30(2)23-7-8-24(30)15-26(14-23)36-28(32)29(33,21-9-11-37-18-21)22-10-12-38-19-22/h4-6,9-13,18-19,23-24,26,33H,3,7-8,14-17H2,1-2H3/q+1/t23-,24+,26?,30?. The van der Waals surface area contributed by atoms with Gasteiger partial charge in [0.2, 0.25) is 5.60 Å². The van der Waals surface area contributed by atoms with E-state index in [4.69, 9.17) is 14.2 Å². The van der Waals surface area contributed by atoms with Crippen LogP contribution in [0.2, 0.25) is 0 Å². The van der Waals surface area contributed by atoms with Gasteiger partial charge in [-0.2, -0.15) is 22.7 Å². The summed E-state index contributed by atoms with van der Waals surface area (Å²) in [5, 5.41) is 18.9. The largest absolute Gasteiger partial charge is 0.482 e. The maximum absolute atomic E-state index is 13.5. The number of benzene rings is 1. The number of quaternary nitrogens is 1. The summed E-state index contributed by atoms with van der Waals surface area (Å²) in [4.78, 5) is 25.2. The first-order valence-electron chi connectivity index (χ1n) is 13.0. The summed E-state index contributed by atoms with van der Waals surface area (Å²) >= 11 is 2.89. The van der Waals surface area contributed by atoms with Crippen molar-refractivity contribution in [1.82, 2.24) is 0 Å². The quantitative estimate of drug-likeness (QED) is 0.283. The molecule has 2 aliphatic rings. The van der Waals surface area contributed by atoms with Crippen molar-refractivity contribution in [2.24, 2.45) is 0 Å². The van der Waals surface area contributed by atoms with Gasteiger partial charge in [-0.25, -0.2) is 9.59 Å². The fourth-order valence-corrected chi connectivity index (χ4v) is 7.50. The molecule has 2 saturated heterocycles. The highest BCUT2D eigenvalue weighted by molar-refractivity contribution is 7.08. The van der Waals surface area contributed by atoms with Gasteiger partial charge in [0.05, 0.1) is 25.7 Å². The molecule has 0 aliphatic carbocycles. The van der Waals surface area contributed by atoms with Gasteiger partial charge in [-0.1, -0.05) is 12.1 Å². The molecular formula is C29H34NO6S2+. The molecule has 2 fully saturated rings. The van der Waals surface area contributed by atoms with Crippen LogP contribution < -0.4 is 4.74 Å². The topological polar surface area (TPSA) is 82.1 Å². The number of fused-ring (bicyclic) bond motifs is 2. The molecule has 0 saturated carbocycles. The molecule has 0 amide bonds. The van der Waals surface area contributed by atoms with Crippen molar-refractivity contribution in [1.29, 1.82) is 0 Å². The van der Waals surface area contributed by atoms with E-state index in [-0.39, 0.29) is 18.7 Å². The van der Waals surface area contributed by atoms with E-state index in [0.717, 1.165) is 42.3 Å². The molecule has 202 valence electrons. The molecule has 2 bridgehead atoms. The van der Waals surface area contributed by atoms with Gasteiger partial charge in [-0.3, -0.25) is 0 Å². The van der Waals surface area contributed by atoms with Crippen LogP contribution in [0, 0.1) is 0 Å². The summed E-state index contributed by atoms with van der Waals surface area (Å²) in [6.45, 7) is 2.83. The van der Waals surface area contributed by atoms with E-state index in [1.807, 2.05) is 39.7 Å². The van der Waals surface area contributed by atoms with Crippen molar-refractivity contribution in [3.63, 3.8) is 0 Å². The maximum Gasteiger partial charge on any atom is 0.348 e. The van der Waals surface area contributed by atoms with Gasteiger partial charge in [0.25, 0.3) is 0 Å². The average molecular weight is 557 g/mol. The van der Waals surface area contributed by atoms with Crippen LogP contribution in [0.4, 0.5) is 0 Å².